The number of rotatable bonds is 5. The molecule has 0 saturated carbocycles. The number of phenols is 1. The third-order valence-corrected chi connectivity index (χ3v) is 4.06. The molecule has 0 aliphatic rings. The first-order valence-corrected chi connectivity index (χ1v) is 6.63. The van der Waals surface area contributed by atoms with Gasteiger partial charge in [0.1, 0.15) is 5.75 Å². The lowest BCUT2D eigenvalue weighted by Gasteiger charge is -2.10. The Bertz CT molecular complexity index is 399. The molecule has 0 heterocycles. The summed E-state index contributed by atoms with van der Waals surface area (Å²) in [6, 6.07) is 6.55. The molecule has 17 heavy (non-hydrogen) atoms. The number of hydrogen-bond donors (Lipinski definition) is 1. The maximum absolute atomic E-state index is 11.9. The van der Waals surface area contributed by atoms with Gasteiger partial charge in [-0.3, -0.25) is 9.00 Å². The van der Waals surface area contributed by atoms with Crippen molar-refractivity contribution in [2.24, 2.45) is 0 Å². The van der Waals surface area contributed by atoms with Crippen LogP contribution in [-0.2, 0) is 26.1 Å². The zero-order valence-corrected chi connectivity index (χ0v) is 10.7. The first kappa shape index (κ1) is 13.7. The van der Waals surface area contributed by atoms with Gasteiger partial charge < -0.3 is 9.84 Å². The highest BCUT2D eigenvalue weighted by Crippen LogP contribution is 2.14. The smallest absolute Gasteiger partial charge is 0.306 e. The molecule has 0 aromatic heterocycles. The van der Waals surface area contributed by atoms with E-state index in [9.17, 15) is 9.00 Å². The van der Waals surface area contributed by atoms with Crippen LogP contribution in [0, 0.1) is 0 Å². The Balaban J connectivity index is 2.54. The Kier molecular flexibility index (Phi) is 5.15. The van der Waals surface area contributed by atoms with E-state index >= 15 is 0 Å². The van der Waals surface area contributed by atoms with Gasteiger partial charge in [-0.25, -0.2) is 0 Å². The van der Waals surface area contributed by atoms with Gasteiger partial charge in [0.25, 0.3) is 0 Å². The predicted molar refractivity (Wildman–Crippen MR) is 66.0 cm³/mol. The Morgan fingerprint density at radius 1 is 1.41 bits per heavy atom. The van der Waals surface area contributed by atoms with Crippen LogP contribution >= 0.6 is 0 Å². The van der Waals surface area contributed by atoms with Crippen LogP contribution in [0.15, 0.2) is 24.3 Å². The summed E-state index contributed by atoms with van der Waals surface area (Å²) in [5, 5.41) is 8.87. The number of hydrogen-bond acceptors (Lipinski definition) is 4. The second-order valence-electron chi connectivity index (χ2n) is 3.78. The molecule has 0 bridgehead atoms. The summed E-state index contributed by atoms with van der Waals surface area (Å²) < 4.78 is 16.4. The quantitative estimate of drug-likeness (QED) is 0.813. The molecule has 4 nitrogen and oxygen atoms in total. The van der Waals surface area contributed by atoms with Gasteiger partial charge in [-0.1, -0.05) is 19.1 Å². The molecule has 1 aromatic carbocycles. The average Bonchev–Trinajstić information content (AvgIpc) is 2.31. The van der Waals surface area contributed by atoms with Crippen molar-refractivity contribution >= 4 is 16.8 Å². The van der Waals surface area contributed by atoms with Crippen LogP contribution in [0.3, 0.4) is 0 Å². The van der Waals surface area contributed by atoms with Crippen LogP contribution in [-0.4, -0.2) is 27.6 Å². The second-order valence-corrected chi connectivity index (χ2v) is 5.64. The molecule has 94 valence electrons. The topological polar surface area (TPSA) is 63.6 Å². The van der Waals surface area contributed by atoms with E-state index in [1.165, 1.54) is 7.11 Å². The molecule has 1 rings (SSSR count). The molecule has 0 fully saturated rings. The van der Waals surface area contributed by atoms with Crippen molar-refractivity contribution in [2.75, 3.05) is 7.11 Å². The number of benzene rings is 1. The van der Waals surface area contributed by atoms with Crippen LogP contribution in [0.25, 0.3) is 0 Å². The predicted octanol–water partition coefficient (Wildman–Crippen LogP) is 1.59. The third kappa shape index (κ3) is 4.56. The molecule has 1 aromatic rings. The number of carbonyl (C=O) groups is 1. The summed E-state index contributed by atoms with van der Waals surface area (Å²) in [7, 11) is 0.190. The fourth-order valence-electron chi connectivity index (χ4n) is 1.31. The normalized spacial score (nSPS) is 14.0. The fourth-order valence-corrected chi connectivity index (χ4v) is 2.44. The molecule has 0 amide bonds. The van der Waals surface area contributed by atoms with E-state index in [0.29, 0.717) is 5.75 Å². The highest BCUT2D eigenvalue weighted by Gasteiger charge is 2.16. The van der Waals surface area contributed by atoms with Gasteiger partial charge in [0.2, 0.25) is 0 Å². The minimum Gasteiger partial charge on any atom is -0.508 e. The molecular formula is C12H16O4S. The zero-order valence-electron chi connectivity index (χ0n) is 9.88. The Labute approximate surface area is 103 Å². The number of phenolic OH excluding ortho intramolecular Hbond substituents is 1. The summed E-state index contributed by atoms with van der Waals surface area (Å²) in [5.41, 5.74) is 0.873. The Hall–Kier alpha value is -1.36. The van der Waals surface area contributed by atoms with Crippen molar-refractivity contribution in [1.82, 2.24) is 0 Å². The molecule has 0 spiro atoms. The van der Waals surface area contributed by atoms with Crippen molar-refractivity contribution in [2.45, 2.75) is 24.3 Å². The molecule has 0 aliphatic heterocycles. The van der Waals surface area contributed by atoms with E-state index in [0.717, 1.165) is 5.56 Å². The maximum atomic E-state index is 11.9. The first-order valence-electron chi connectivity index (χ1n) is 5.25. The highest BCUT2D eigenvalue weighted by atomic mass is 32.2. The van der Waals surface area contributed by atoms with Crippen molar-refractivity contribution in [3.8, 4) is 5.75 Å². The lowest BCUT2D eigenvalue weighted by molar-refractivity contribution is -0.140. The van der Waals surface area contributed by atoms with E-state index in [-0.39, 0.29) is 23.4 Å². The third-order valence-electron chi connectivity index (χ3n) is 2.38. The SMILES string of the molecule is COC(=O)CC(C)S(=O)Cc1ccc(O)cc1. The molecular weight excluding hydrogens is 240 g/mol. The van der Waals surface area contributed by atoms with Gasteiger partial charge in [-0.2, -0.15) is 0 Å². The van der Waals surface area contributed by atoms with Crippen LogP contribution < -0.4 is 0 Å². The molecule has 5 heteroatoms. The van der Waals surface area contributed by atoms with Gasteiger partial charge in [0.15, 0.2) is 0 Å². The first-order chi connectivity index (χ1) is 8.02. The summed E-state index contributed by atoms with van der Waals surface area (Å²) in [5.74, 6) is 0.206. The average molecular weight is 256 g/mol. The highest BCUT2D eigenvalue weighted by molar-refractivity contribution is 7.84. The molecule has 0 saturated heterocycles. The number of esters is 1. The second kappa shape index (κ2) is 6.39. The minimum absolute atomic E-state index is 0.154. The number of methoxy groups -OCH3 is 1. The summed E-state index contributed by atoms with van der Waals surface area (Å²) in [4.78, 5) is 11.0. The fraction of sp³-hybridized carbons (Fsp3) is 0.417. The van der Waals surface area contributed by atoms with Gasteiger partial charge in [0.05, 0.1) is 13.5 Å². The minimum atomic E-state index is -1.13. The molecule has 1 N–H and O–H groups in total. The number of ether oxygens (including phenoxy) is 1. The standard InChI is InChI=1S/C12H16O4S/c1-9(7-12(14)16-2)17(15)8-10-3-5-11(13)6-4-10/h3-6,9,13H,7-8H2,1-2H3. The monoisotopic (exact) mass is 256 g/mol. The van der Waals surface area contributed by atoms with Crippen molar-refractivity contribution < 1.29 is 18.8 Å². The summed E-state index contributed by atoms with van der Waals surface area (Å²) >= 11 is 0. The van der Waals surface area contributed by atoms with E-state index in [1.54, 1.807) is 31.2 Å². The van der Waals surface area contributed by atoms with Crippen LogP contribution in [0.1, 0.15) is 18.9 Å². The molecule has 0 radical (unpaired) electrons. The van der Waals surface area contributed by atoms with Gasteiger partial charge >= 0.3 is 5.97 Å². The van der Waals surface area contributed by atoms with Crippen molar-refractivity contribution in [1.29, 1.82) is 0 Å². The number of carbonyl (C=O) groups excluding carboxylic acids is 1. The Morgan fingerprint density at radius 2 is 2.00 bits per heavy atom. The molecule has 0 aliphatic carbocycles. The van der Waals surface area contributed by atoms with E-state index < -0.39 is 10.8 Å². The Morgan fingerprint density at radius 3 is 2.53 bits per heavy atom. The lowest BCUT2D eigenvalue weighted by Crippen LogP contribution is -2.18. The van der Waals surface area contributed by atoms with Crippen LogP contribution in [0.4, 0.5) is 0 Å². The van der Waals surface area contributed by atoms with E-state index in [1.807, 2.05) is 0 Å². The van der Waals surface area contributed by atoms with Crippen LogP contribution in [0.2, 0.25) is 0 Å². The summed E-state index contributed by atoms with van der Waals surface area (Å²) in [6.45, 7) is 1.76. The van der Waals surface area contributed by atoms with Crippen molar-refractivity contribution in [3.63, 3.8) is 0 Å². The maximum Gasteiger partial charge on any atom is 0.306 e. The van der Waals surface area contributed by atoms with Crippen LogP contribution in [0.5, 0.6) is 5.75 Å². The van der Waals surface area contributed by atoms with Gasteiger partial charge in [0, 0.05) is 21.8 Å². The van der Waals surface area contributed by atoms with E-state index in [2.05, 4.69) is 4.74 Å². The van der Waals surface area contributed by atoms with Gasteiger partial charge in [-0.05, 0) is 17.7 Å². The lowest BCUT2D eigenvalue weighted by atomic mass is 10.2. The zero-order chi connectivity index (χ0) is 12.8. The van der Waals surface area contributed by atoms with Crippen molar-refractivity contribution in [3.05, 3.63) is 29.8 Å². The number of aromatic hydroxyl groups is 1. The van der Waals surface area contributed by atoms with Gasteiger partial charge in [-0.15, -0.1) is 0 Å². The molecule has 2 atom stereocenters. The van der Waals surface area contributed by atoms with E-state index in [4.69, 9.17) is 5.11 Å². The molecule has 2 unspecified atom stereocenters. The summed E-state index contributed by atoms with van der Waals surface area (Å²) in [6.07, 6.45) is 0.154. The largest absolute Gasteiger partial charge is 0.508 e.